The molecule has 0 spiro atoms. The average Bonchev–Trinajstić information content (AvgIpc) is 3.14. The molecule has 0 radical (unpaired) electrons. The number of rotatable bonds is 5. The van der Waals surface area contributed by atoms with E-state index >= 15 is 0 Å². The molecule has 1 amide bonds. The van der Waals surface area contributed by atoms with Gasteiger partial charge in [0, 0.05) is 31.9 Å². The summed E-state index contributed by atoms with van der Waals surface area (Å²) in [5, 5.41) is 5.22. The molecule has 1 aromatic carbocycles. The maximum absolute atomic E-state index is 13.3. The topological polar surface area (TPSA) is 85.8 Å². The van der Waals surface area contributed by atoms with Crippen molar-refractivity contribution in [3.05, 3.63) is 45.9 Å². The van der Waals surface area contributed by atoms with Crippen LogP contribution in [0.25, 0.3) is 11.0 Å². The summed E-state index contributed by atoms with van der Waals surface area (Å²) in [6.07, 6.45) is 0.548. The van der Waals surface area contributed by atoms with Crippen molar-refractivity contribution in [2.24, 2.45) is 12.8 Å². The van der Waals surface area contributed by atoms with Crippen LogP contribution in [0.5, 0.6) is 0 Å². The third-order valence-corrected chi connectivity index (χ3v) is 4.40. The monoisotopic (exact) mass is 405 g/mol. The van der Waals surface area contributed by atoms with Gasteiger partial charge < -0.3 is 15.6 Å². The van der Waals surface area contributed by atoms with Gasteiger partial charge in [0.05, 0.1) is 11.0 Å². The number of amides is 1. The zero-order chi connectivity index (χ0) is 16.4. The Morgan fingerprint density at radius 3 is 2.80 bits per heavy atom. The van der Waals surface area contributed by atoms with Crippen molar-refractivity contribution in [2.45, 2.75) is 13.0 Å². The molecule has 2 aromatic heterocycles. The second-order valence-electron chi connectivity index (χ2n) is 5.06. The van der Waals surface area contributed by atoms with Crippen LogP contribution in [0.15, 0.2) is 23.6 Å². The van der Waals surface area contributed by atoms with Crippen molar-refractivity contribution in [3.63, 3.8) is 0 Å². The van der Waals surface area contributed by atoms with Crippen LogP contribution in [-0.4, -0.2) is 27.0 Å². The van der Waals surface area contributed by atoms with Crippen molar-refractivity contribution in [1.82, 2.24) is 19.9 Å². The van der Waals surface area contributed by atoms with Crippen LogP contribution in [0, 0.1) is 5.82 Å². The molecule has 0 unspecified atom stereocenters. The number of carbonyl (C=O) groups excluding carboxylic acids is 1. The Hall–Kier alpha value is -1.74. The molecule has 3 aromatic rings. The van der Waals surface area contributed by atoms with Crippen LogP contribution < -0.4 is 11.1 Å². The minimum absolute atomic E-state index is 0. The van der Waals surface area contributed by atoms with Gasteiger partial charge in [0.1, 0.15) is 22.3 Å². The Bertz CT molecular complexity index is 867. The van der Waals surface area contributed by atoms with Crippen LogP contribution >= 0.6 is 36.2 Å². The summed E-state index contributed by atoms with van der Waals surface area (Å²) in [5.74, 6) is 0.261. The molecule has 136 valence electrons. The third kappa shape index (κ3) is 4.66. The number of hydrogen-bond acceptors (Lipinski definition) is 5. The molecule has 25 heavy (non-hydrogen) atoms. The summed E-state index contributed by atoms with van der Waals surface area (Å²) in [5.41, 5.74) is 7.33. The number of nitrogens with one attached hydrogen (secondary N) is 1. The molecular formula is C15H18Cl2FN5OS. The lowest BCUT2D eigenvalue weighted by Crippen LogP contribution is -2.26. The third-order valence-electron chi connectivity index (χ3n) is 3.53. The summed E-state index contributed by atoms with van der Waals surface area (Å²) < 4.78 is 15.1. The molecule has 0 atom stereocenters. The smallest absolute Gasteiger partial charge is 0.270 e. The first-order chi connectivity index (χ1) is 11.1. The first-order valence-corrected chi connectivity index (χ1v) is 8.00. The van der Waals surface area contributed by atoms with Crippen molar-refractivity contribution in [3.8, 4) is 0 Å². The second-order valence-corrected chi connectivity index (χ2v) is 6.00. The molecule has 6 nitrogen and oxygen atoms in total. The van der Waals surface area contributed by atoms with Gasteiger partial charge in [0.15, 0.2) is 0 Å². The highest BCUT2D eigenvalue weighted by Crippen LogP contribution is 2.16. The van der Waals surface area contributed by atoms with Gasteiger partial charge in [-0.25, -0.2) is 14.4 Å². The molecule has 2 heterocycles. The lowest BCUT2D eigenvalue weighted by molar-refractivity contribution is 0.0949. The Labute approximate surface area is 160 Å². The van der Waals surface area contributed by atoms with E-state index in [4.69, 9.17) is 5.73 Å². The van der Waals surface area contributed by atoms with E-state index in [9.17, 15) is 9.18 Å². The van der Waals surface area contributed by atoms with E-state index in [1.54, 1.807) is 11.4 Å². The maximum Gasteiger partial charge on any atom is 0.270 e. The molecule has 3 N–H and O–H groups in total. The van der Waals surface area contributed by atoms with Crippen molar-refractivity contribution < 1.29 is 9.18 Å². The molecule has 0 aliphatic rings. The normalized spacial score (nSPS) is 10.2. The maximum atomic E-state index is 13.3. The standard InChI is InChI=1S/C15H16FN5OS.2ClH/c1-21-12-6-9(16)2-3-10(12)19-13(21)4-5-18-15(22)11-8-23-14(7-17)20-11;;/h2-3,6,8H,4-5,7,17H2,1H3,(H,18,22);2*1H. The minimum Gasteiger partial charge on any atom is -0.350 e. The number of halogens is 3. The van der Waals surface area contributed by atoms with Crippen molar-refractivity contribution >= 4 is 53.1 Å². The lowest BCUT2D eigenvalue weighted by Gasteiger charge is -2.04. The lowest BCUT2D eigenvalue weighted by atomic mass is 10.3. The molecule has 10 heteroatoms. The van der Waals surface area contributed by atoms with E-state index in [2.05, 4.69) is 15.3 Å². The highest BCUT2D eigenvalue weighted by Gasteiger charge is 2.12. The summed E-state index contributed by atoms with van der Waals surface area (Å²) in [6.45, 7) is 0.752. The first-order valence-electron chi connectivity index (χ1n) is 7.12. The zero-order valence-corrected chi connectivity index (χ0v) is 15.8. The fourth-order valence-corrected chi connectivity index (χ4v) is 2.98. The van der Waals surface area contributed by atoms with Gasteiger partial charge in [-0.3, -0.25) is 4.79 Å². The summed E-state index contributed by atoms with van der Waals surface area (Å²) in [7, 11) is 1.83. The number of imidazole rings is 1. The number of thiazole rings is 1. The fraction of sp³-hybridized carbons (Fsp3) is 0.267. The number of aryl methyl sites for hydroxylation is 1. The van der Waals surface area contributed by atoms with E-state index in [-0.39, 0.29) is 36.5 Å². The molecule has 3 rings (SSSR count). The van der Waals surface area contributed by atoms with Gasteiger partial charge in [-0.2, -0.15) is 0 Å². The van der Waals surface area contributed by atoms with Gasteiger partial charge in [-0.05, 0) is 18.2 Å². The molecule has 0 saturated heterocycles. The predicted molar refractivity (Wildman–Crippen MR) is 101 cm³/mol. The number of hydrogen-bond donors (Lipinski definition) is 2. The largest absolute Gasteiger partial charge is 0.350 e. The van der Waals surface area contributed by atoms with Crippen molar-refractivity contribution in [2.75, 3.05) is 6.54 Å². The Morgan fingerprint density at radius 1 is 1.36 bits per heavy atom. The molecule has 0 aliphatic carbocycles. The van der Waals surface area contributed by atoms with Crippen LogP contribution in [0.4, 0.5) is 4.39 Å². The highest BCUT2D eigenvalue weighted by atomic mass is 35.5. The van der Waals surface area contributed by atoms with Gasteiger partial charge >= 0.3 is 0 Å². The van der Waals surface area contributed by atoms with Gasteiger partial charge in [-0.1, -0.05) is 0 Å². The molecule has 0 aliphatic heterocycles. The SMILES string of the molecule is Cl.Cl.Cn1c(CCNC(=O)c2csc(CN)n2)nc2ccc(F)cc21. The van der Waals surface area contributed by atoms with Gasteiger partial charge in [0.25, 0.3) is 5.91 Å². The summed E-state index contributed by atoms with van der Waals surface area (Å²) in [6, 6.07) is 4.49. The van der Waals surface area contributed by atoms with Crippen LogP contribution in [0.1, 0.15) is 21.3 Å². The van der Waals surface area contributed by atoms with E-state index < -0.39 is 0 Å². The fourth-order valence-electron chi connectivity index (χ4n) is 2.32. The Morgan fingerprint density at radius 2 is 2.12 bits per heavy atom. The first kappa shape index (κ1) is 21.3. The number of nitrogens with zero attached hydrogens (tertiary/aromatic N) is 3. The van der Waals surface area contributed by atoms with Gasteiger partial charge in [-0.15, -0.1) is 36.2 Å². The minimum atomic E-state index is -0.292. The van der Waals surface area contributed by atoms with Gasteiger partial charge in [0.2, 0.25) is 0 Å². The number of fused-ring (bicyclic) bond motifs is 1. The summed E-state index contributed by atoms with van der Waals surface area (Å²) in [4.78, 5) is 20.6. The Kier molecular flexibility index (Phi) is 7.75. The van der Waals surface area contributed by atoms with E-state index in [0.29, 0.717) is 25.2 Å². The van der Waals surface area contributed by atoms with Crippen LogP contribution in [-0.2, 0) is 20.0 Å². The quantitative estimate of drug-likeness (QED) is 0.682. The number of carbonyl (C=O) groups is 1. The number of nitrogens with two attached hydrogens (primary N) is 1. The molecule has 0 saturated carbocycles. The Balaban J connectivity index is 0.00000156. The highest BCUT2D eigenvalue weighted by molar-refractivity contribution is 7.09. The average molecular weight is 406 g/mol. The molecule has 0 fully saturated rings. The van der Waals surface area contributed by atoms with E-state index in [0.717, 1.165) is 21.9 Å². The summed E-state index contributed by atoms with van der Waals surface area (Å²) >= 11 is 1.37. The van der Waals surface area contributed by atoms with E-state index in [1.807, 2.05) is 11.6 Å². The molecular weight excluding hydrogens is 388 g/mol. The van der Waals surface area contributed by atoms with Crippen LogP contribution in [0.3, 0.4) is 0 Å². The second kappa shape index (κ2) is 9.10. The van der Waals surface area contributed by atoms with E-state index in [1.165, 1.54) is 23.5 Å². The van der Waals surface area contributed by atoms with Crippen molar-refractivity contribution in [1.29, 1.82) is 0 Å². The number of aromatic nitrogens is 3. The molecule has 0 bridgehead atoms. The predicted octanol–water partition coefficient (Wildman–Crippen LogP) is 2.44. The zero-order valence-electron chi connectivity index (χ0n) is 13.4. The number of benzene rings is 1. The van der Waals surface area contributed by atoms with Crippen LogP contribution in [0.2, 0.25) is 0 Å².